The largest absolute Gasteiger partial charge is 0.341 e. The summed E-state index contributed by atoms with van der Waals surface area (Å²) in [4.78, 5) is 16.7. The fourth-order valence-corrected chi connectivity index (χ4v) is 3.23. The molecule has 1 amide bonds. The molecule has 2 rings (SSSR count). The van der Waals surface area contributed by atoms with Gasteiger partial charge in [-0.05, 0) is 44.2 Å². The zero-order valence-electron chi connectivity index (χ0n) is 12.7. The standard InChI is InChI=1S/C15H29N3O/c1-15(2)6-8-18(11-13(15)16)14(19)9-12-5-4-7-17(3)10-12/h12-13H,4-11,16H2,1-3H3. The van der Waals surface area contributed by atoms with Crippen LogP contribution in [0.25, 0.3) is 0 Å². The Labute approximate surface area is 117 Å². The maximum absolute atomic E-state index is 12.4. The van der Waals surface area contributed by atoms with E-state index in [0.29, 0.717) is 18.2 Å². The molecule has 2 heterocycles. The Bertz CT molecular complexity index is 329. The molecule has 4 nitrogen and oxygen atoms in total. The van der Waals surface area contributed by atoms with Crippen LogP contribution in [-0.4, -0.2) is 55.0 Å². The molecule has 2 atom stereocenters. The van der Waals surface area contributed by atoms with E-state index in [1.165, 1.54) is 19.4 Å². The zero-order valence-corrected chi connectivity index (χ0v) is 12.7. The summed E-state index contributed by atoms with van der Waals surface area (Å²) in [7, 11) is 2.15. The van der Waals surface area contributed by atoms with E-state index in [-0.39, 0.29) is 11.5 Å². The number of amides is 1. The number of hydrogen-bond acceptors (Lipinski definition) is 3. The summed E-state index contributed by atoms with van der Waals surface area (Å²) >= 11 is 0. The van der Waals surface area contributed by atoms with E-state index >= 15 is 0 Å². The molecule has 0 bridgehead atoms. The van der Waals surface area contributed by atoms with Crippen molar-refractivity contribution in [3.63, 3.8) is 0 Å². The van der Waals surface area contributed by atoms with Gasteiger partial charge in [0.15, 0.2) is 0 Å². The third kappa shape index (κ3) is 3.69. The lowest BCUT2D eigenvalue weighted by Crippen LogP contribution is -2.54. The topological polar surface area (TPSA) is 49.6 Å². The lowest BCUT2D eigenvalue weighted by atomic mass is 9.78. The number of nitrogens with zero attached hydrogens (tertiary/aromatic N) is 2. The van der Waals surface area contributed by atoms with Gasteiger partial charge < -0.3 is 15.5 Å². The number of nitrogens with two attached hydrogens (primary N) is 1. The molecule has 110 valence electrons. The van der Waals surface area contributed by atoms with E-state index < -0.39 is 0 Å². The molecule has 2 saturated heterocycles. The maximum Gasteiger partial charge on any atom is 0.222 e. The third-order valence-corrected chi connectivity index (χ3v) is 4.98. The van der Waals surface area contributed by atoms with Crippen molar-refractivity contribution in [2.75, 3.05) is 33.2 Å². The molecule has 0 aromatic carbocycles. The van der Waals surface area contributed by atoms with Gasteiger partial charge in [0.2, 0.25) is 5.91 Å². The average molecular weight is 267 g/mol. The summed E-state index contributed by atoms with van der Waals surface area (Å²) in [5, 5.41) is 0. The molecule has 0 aromatic rings. The fraction of sp³-hybridized carbons (Fsp3) is 0.933. The Morgan fingerprint density at radius 1 is 1.32 bits per heavy atom. The Morgan fingerprint density at radius 2 is 2.05 bits per heavy atom. The van der Waals surface area contributed by atoms with Crippen LogP contribution in [0.4, 0.5) is 0 Å². The predicted octanol–water partition coefficient (Wildman–Crippen LogP) is 1.30. The highest BCUT2D eigenvalue weighted by molar-refractivity contribution is 5.76. The number of carbonyl (C=O) groups excluding carboxylic acids is 1. The summed E-state index contributed by atoms with van der Waals surface area (Å²) in [5.41, 5.74) is 6.36. The molecule has 2 aliphatic heterocycles. The van der Waals surface area contributed by atoms with Crippen LogP contribution >= 0.6 is 0 Å². The molecule has 0 saturated carbocycles. The van der Waals surface area contributed by atoms with Crippen molar-refractivity contribution in [3.05, 3.63) is 0 Å². The minimum absolute atomic E-state index is 0.110. The second kappa shape index (κ2) is 5.80. The number of carbonyl (C=O) groups is 1. The van der Waals surface area contributed by atoms with Gasteiger partial charge in [0, 0.05) is 32.1 Å². The predicted molar refractivity (Wildman–Crippen MR) is 77.8 cm³/mol. The minimum Gasteiger partial charge on any atom is -0.341 e. The number of hydrogen-bond donors (Lipinski definition) is 1. The van der Waals surface area contributed by atoms with Gasteiger partial charge in [-0.15, -0.1) is 0 Å². The first-order chi connectivity index (χ1) is 8.88. The van der Waals surface area contributed by atoms with Crippen LogP contribution in [0.1, 0.15) is 39.5 Å². The lowest BCUT2D eigenvalue weighted by molar-refractivity contribution is -0.135. The first-order valence-electron chi connectivity index (χ1n) is 7.60. The first-order valence-corrected chi connectivity index (χ1v) is 7.60. The van der Waals surface area contributed by atoms with Crippen LogP contribution in [0.2, 0.25) is 0 Å². The van der Waals surface area contributed by atoms with Crippen molar-refractivity contribution in [2.24, 2.45) is 17.1 Å². The number of piperidine rings is 2. The molecule has 0 aliphatic carbocycles. The minimum atomic E-state index is 0.110. The Balaban J connectivity index is 1.84. The second-order valence-corrected chi connectivity index (χ2v) is 7.16. The van der Waals surface area contributed by atoms with Crippen molar-refractivity contribution in [1.29, 1.82) is 0 Å². The normalized spacial score (nSPS) is 32.3. The summed E-state index contributed by atoms with van der Waals surface area (Å²) in [6.07, 6.45) is 4.14. The number of rotatable bonds is 2. The van der Waals surface area contributed by atoms with Gasteiger partial charge in [-0.25, -0.2) is 0 Å². The quantitative estimate of drug-likeness (QED) is 0.820. The van der Waals surface area contributed by atoms with Gasteiger partial charge in [-0.3, -0.25) is 4.79 Å². The van der Waals surface area contributed by atoms with E-state index in [4.69, 9.17) is 5.73 Å². The highest BCUT2D eigenvalue weighted by Gasteiger charge is 2.35. The molecule has 4 heteroatoms. The van der Waals surface area contributed by atoms with Gasteiger partial charge >= 0.3 is 0 Å². The molecule has 2 N–H and O–H groups in total. The molecule has 2 aliphatic rings. The van der Waals surface area contributed by atoms with Crippen molar-refractivity contribution < 1.29 is 4.79 Å². The molecule has 0 radical (unpaired) electrons. The molecule has 0 spiro atoms. The van der Waals surface area contributed by atoms with E-state index in [1.807, 2.05) is 4.90 Å². The number of likely N-dealkylation sites (tertiary alicyclic amines) is 2. The average Bonchev–Trinajstić information content (AvgIpc) is 2.32. The van der Waals surface area contributed by atoms with Crippen LogP contribution in [0.15, 0.2) is 0 Å². The monoisotopic (exact) mass is 267 g/mol. The Morgan fingerprint density at radius 3 is 2.68 bits per heavy atom. The van der Waals surface area contributed by atoms with Crippen LogP contribution in [0.3, 0.4) is 0 Å². The van der Waals surface area contributed by atoms with E-state index in [2.05, 4.69) is 25.8 Å². The van der Waals surface area contributed by atoms with E-state index in [1.54, 1.807) is 0 Å². The lowest BCUT2D eigenvalue weighted by Gasteiger charge is -2.42. The van der Waals surface area contributed by atoms with Crippen molar-refractivity contribution in [1.82, 2.24) is 9.80 Å². The second-order valence-electron chi connectivity index (χ2n) is 7.16. The highest BCUT2D eigenvalue weighted by atomic mass is 16.2. The van der Waals surface area contributed by atoms with Crippen molar-refractivity contribution in [2.45, 2.75) is 45.6 Å². The maximum atomic E-state index is 12.4. The van der Waals surface area contributed by atoms with Crippen LogP contribution in [-0.2, 0) is 4.79 Å². The van der Waals surface area contributed by atoms with Gasteiger partial charge in [-0.1, -0.05) is 13.8 Å². The first kappa shape index (κ1) is 14.8. The smallest absolute Gasteiger partial charge is 0.222 e. The summed E-state index contributed by atoms with van der Waals surface area (Å²) < 4.78 is 0. The van der Waals surface area contributed by atoms with Crippen LogP contribution < -0.4 is 5.73 Å². The fourth-order valence-electron chi connectivity index (χ4n) is 3.23. The molecular formula is C15H29N3O. The van der Waals surface area contributed by atoms with Crippen molar-refractivity contribution in [3.8, 4) is 0 Å². The molecule has 2 fully saturated rings. The summed E-state index contributed by atoms with van der Waals surface area (Å²) in [5.74, 6) is 0.851. The van der Waals surface area contributed by atoms with E-state index in [9.17, 15) is 4.79 Å². The zero-order chi connectivity index (χ0) is 14.0. The van der Waals surface area contributed by atoms with E-state index in [0.717, 1.165) is 26.1 Å². The Kier molecular flexibility index (Phi) is 4.51. The molecule has 19 heavy (non-hydrogen) atoms. The van der Waals surface area contributed by atoms with Gasteiger partial charge in [0.05, 0.1) is 0 Å². The Hall–Kier alpha value is -0.610. The van der Waals surface area contributed by atoms with Gasteiger partial charge in [0.1, 0.15) is 0 Å². The molecule has 0 aromatic heterocycles. The van der Waals surface area contributed by atoms with Crippen LogP contribution in [0, 0.1) is 11.3 Å². The SMILES string of the molecule is CN1CCCC(CC(=O)N2CCC(C)(C)C(N)C2)C1. The third-order valence-electron chi connectivity index (χ3n) is 4.98. The van der Waals surface area contributed by atoms with Gasteiger partial charge in [-0.2, -0.15) is 0 Å². The summed E-state index contributed by atoms with van der Waals surface area (Å²) in [6.45, 7) is 8.26. The van der Waals surface area contributed by atoms with Gasteiger partial charge in [0.25, 0.3) is 0 Å². The van der Waals surface area contributed by atoms with Crippen LogP contribution in [0.5, 0.6) is 0 Å². The highest BCUT2D eigenvalue weighted by Crippen LogP contribution is 2.30. The summed E-state index contributed by atoms with van der Waals surface area (Å²) in [6, 6.07) is 0.110. The molecule has 2 unspecified atom stereocenters. The van der Waals surface area contributed by atoms with Crippen molar-refractivity contribution >= 4 is 5.91 Å². The molecular weight excluding hydrogens is 238 g/mol.